The Morgan fingerprint density at radius 1 is 1.12 bits per heavy atom. The summed E-state index contributed by atoms with van der Waals surface area (Å²) < 4.78 is 6.12. The minimum Gasteiger partial charge on any atom is -0.469 e. The molecule has 0 aromatic heterocycles. The Balaban J connectivity index is 1.95. The van der Waals surface area contributed by atoms with Crippen LogP contribution in [0.15, 0.2) is 65.1 Å². The van der Waals surface area contributed by atoms with Crippen molar-refractivity contribution in [3.05, 3.63) is 76.3 Å². The van der Waals surface area contributed by atoms with Gasteiger partial charge in [0.2, 0.25) is 0 Å². The lowest BCUT2D eigenvalue weighted by atomic mass is 9.77. The number of methoxy groups -OCH3 is 1. The van der Waals surface area contributed by atoms with Crippen LogP contribution in [0.4, 0.5) is 0 Å². The summed E-state index contributed by atoms with van der Waals surface area (Å²) in [6.07, 6.45) is 5.44. The van der Waals surface area contributed by atoms with Crippen LogP contribution in [-0.4, -0.2) is 13.1 Å². The van der Waals surface area contributed by atoms with Gasteiger partial charge in [0.05, 0.1) is 13.0 Å². The van der Waals surface area contributed by atoms with Crippen molar-refractivity contribution in [2.24, 2.45) is 5.92 Å². The van der Waals surface area contributed by atoms with Gasteiger partial charge in [-0.15, -0.1) is 0 Å². The van der Waals surface area contributed by atoms with Crippen LogP contribution >= 0.6 is 15.9 Å². The van der Waals surface area contributed by atoms with Crippen LogP contribution in [-0.2, 0) is 9.53 Å². The summed E-state index contributed by atoms with van der Waals surface area (Å²) in [7, 11) is 1.47. The molecule has 0 saturated carbocycles. The van der Waals surface area contributed by atoms with E-state index in [1.54, 1.807) is 0 Å². The maximum absolute atomic E-state index is 12.5. The molecule has 124 valence electrons. The van der Waals surface area contributed by atoms with E-state index in [1.807, 2.05) is 30.3 Å². The van der Waals surface area contributed by atoms with Crippen molar-refractivity contribution >= 4 is 27.5 Å². The van der Waals surface area contributed by atoms with Crippen LogP contribution in [0, 0.1) is 5.92 Å². The van der Waals surface area contributed by atoms with E-state index in [9.17, 15) is 4.79 Å². The molecule has 0 radical (unpaired) electrons. The minimum absolute atomic E-state index is 0.159. The van der Waals surface area contributed by atoms with Crippen LogP contribution in [0.25, 0.3) is 5.57 Å². The Hall–Kier alpha value is -1.87. The van der Waals surface area contributed by atoms with Crippen molar-refractivity contribution in [2.45, 2.75) is 25.2 Å². The third-order valence-electron chi connectivity index (χ3n) is 4.66. The van der Waals surface area contributed by atoms with Crippen molar-refractivity contribution < 1.29 is 9.53 Å². The molecular formula is C21H21BrO2. The number of hydrogen-bond donors (Lipinski definition) is 0. The van der Waals surface area contributed by atoms with Crippen LogP contribution in [0.1, 0.15) is 36.3 Å². The first-order valence-electron chi connectivity index (χ1n) is 8.28. The third kappa shape index (κ3) is 3.78. The summed E-state index contributed by atoms with van der Waals surface area (Å²) in [6.45, 7) is 0. The van der Waals surface area contributed by atoms with Crippen LogP contribution in [0.2, 0.25) is 0 Å². The third-order valence-corrected chi connectivity index (χ3v) is 5.18. The number of halogens is 1. The first-order chi connectivity index (χ1) is 11.7. The molecule has 0 unspecified atom stereocenters. The molecule has 0 saturated heterocycles. The first kappa shape index (κ1) is 17.0. The van der Waals surface area contributed by atoms with Gasteiger partial charge in [-0.1, -0.05) is 64.5 Å². The Labute approximate surface area is 151 Å². The number of carbonyl (C=O) groups is 1. The molecule has 2 aromatic rings. The second-order valence-electron chi connectivity index (χ2n) is 6.17. The average molecular weight is 385 g/mol. The summed E-state index contributed by atoms with van der Waals surface area (Å²) in [5.74, 6) is -0.238. The molecule has 0 bridgehead atoms. The fraction of sp³-hybridized carbons (Fsp3) is 0.286. The van der Waals surface area contributed by atoms with Crippen molar-refractivity contribution in [3.63, 3.8) is 0 Å². The second-order valence-corrected chi connectivity index (χ2v) is 7.08. The number of hydrogen-bond acceptors (Lipinski definition) is 2. The molecule has 0 aliphatic heterocycles. The normalized spacial score (nSPS) is 18.6. The molecule has 3 heteroatoms. The Kier molecular flexibility index (Phi) is 5.52. The highest BCUT2D eigenvalue weighted by Crippen LogP contribution is 2.38. The molecular weight excluding hydrogens is 364 g/mol. The van der Waals surface area contributed by atoms with E-state index in [0.29, 0.717) is 0 Å². The highest BCUT2D eigenvalue weighted by molar-refractivity contribution is 9.10. The number of allylic oxidation sites excluding steroid dienone is 2. The van der Waals surface area contributed by atoms with Gasteiger partial charge < -0.3 is 4.74 Å². The minimum atomic E-state index is -0.248. The van der Waals surface area contributed by atoms with Gasteiger partial charge in [-0.3, -0.25) is 4.79 Å². The number of ether oxygens (including phenoxy) is 1. The zero-order valence-corrected chi connectivity index (χ0v) is 15.3. The molecule has 0 N–H and O–H groups in total. The van der Waals surface area contributed by atoms with E-state index in [2.05, 4.69) is 46.3 Å². The highest BCUT2D eigenvalue weighted by atomic mass is 79.9. The molecule has 2 atom stereocenters. The topological polar surface area (TPSA) is 26.3 Å². The Morgan fingerprint density at radius 3 is 2.50 bits per heavy atom. The van der Waals surface area contributed by atoms with Crippen LogP contribution in [0.3, 0.4) is 0 Å². The van der Waals surface area contributed by atoms with Gasteiger partial charge in [0.15, 0.2) is 0 Å². The van der Waals surface area contributed by atoms with E-state index in [1.165, 1.54) is 18.2 Å². The van der Waals surface area contributed by atoms with Gasteiger partial charge >= 0.3 is 5.97 Å². The zero-order valence-electron chi connectivity index (χ0n) is 13.7. The van der Waals surface area contributed by atoms with E-state index in [-0.39, 0.29) is 17.8 Å². The second kappa shape index (κ2) is 7.80. The predicted molar refractivity (Wildman–Crippen MR) is 101 cm³/mol. The maximum atomic E-state index is 12.5. The maximum Gasteiger partial charge on any atom is 0.313 e. The van der Waals surface area contributed by atoms with E-state index in [0.717, 1.165) is 29.3 Å². The van der Waals surface area contributed by atoms with Crippen LogP contribution in [0.5, 0.6) is 0 Å². The largest absolute Gasteiger partial charge is 0.469 e. The molecule has 24 heavy (non-hydrogen) atoms. The quantitative estimate of drug-likeness (QED) is 0.642. The number of benzene rings is 2. The fourth-order valence-corrected chi connectivity index (χ4v) is 3.73. The molecule has 0 heterocycles. The molecule has 2 nitrogen and oxygen atoms in total. The molecule has 0 fully saturated rings. The van der Waals surface area contributed by atoms with Gasteiger partial charge in [-0.25, -0.2) is 0 Å². The predicted octanol–water partition coefficient (Wildman–Crippen LogP) is 5.59. The summed E-state index contributed by atoms with van der Waals surface area (Å²) in [5, 5.41) is 0. The summed E-state index contributed by atoms with van der Waals surface area (Å²) in [5.41, 5.74) is 3.60. The first-order valence-corrected chi connectivity index (χ1v) is 9.08. The molecule has 0 spiro atoms. The van der Waals surface area contributed by atoms with Crippen molar-refractivity contribution in [2.75, 3.05) is 7.11 Å². The van der Waals surface area contributed by atoms with E-state index >= 15 is 0 Å². The smallest absolute Gasteiger partial charge is 0.313 e. The molecule has 3 rings (SSSR count). The van der Waals surface area contributed by atoms with Gasteiger partial charge in [0.1, 0.15) is 0 Å². The van der Waals surface area contributed by atoms with E-state index in [4.69, 9.17) is 4.74 Å². The van der Waals surface area contributed by atoms with Gasteiger partial charge in [0.25, 0.3) is 0 Å². The number of esters is 1. The summed E-state index contributed by atoms with van der Waals surface area (Å²) in [6, 6.07) is 18.4. The SMILES string of the molecule is COC(=O)[C@@H](c1ccc(Br)cc1)[C@H]1C=C(c2ccccc2)CCC1. The molecule has 1 aliphatic rings. The molecule has 0 amide bonds. The molecule has 2 aromatic carbocycles. The fourth-order valence-electron chi connectivity index (χ4n) is 3.46. The average Bonchev–Trinajstić information content (AvgIpc) is 2.64. The number of rotatable bonds is 4. The Morgan fingerprint density at radius 2 is 1.83 bits per heavy atom. The van der Waals surface area contributed by atoms with Gasteiger partial charge in [0, 0.05) is 4.47 Å². The standard InChI is InChI=1S/C21H21BrO2/c1-24-21(23)20(16-10-12-19(22)13-11-16)18-9-5-8-17(14-18)15-6-3-2-4-7-15/h2-4,6-7,10-14,18,20H,5,8-9H2,1H3/t18-,20+/m1/s1. The lowest BCUT2D eigenvalue weighted by Crippen LogP contribution is -2.23. The van der Waals surface area contributed by atoms with Crippen molar-refractivity contribution in [1.29, 1.82) is 0 Å². The highest BCUT2D eigenvalue weighted by Gasteiger charge is 2.31. The summed E-state index contributed by atoms with van der Waals surface area (Å²) in [4.78, 5) is 12.5. The van der Waals surface area contributed by atoms with Crippen LogP contribution < -0.4 is 0 Å². The van der Waals surface area contributed by atoms with Gasteiger partial charge in [-0.2, -0.15) is 0 Å². The monoisotopic (exact) mass is 384 g/mol. The Bertz CT molecular complexity index is 719. The summed E-state index contributed by atoms with van der Waals surface area (Å²) >= 11 is 3.46. The van der Waals surface area contributed by atoms with Gasteiger partial charge in [-0.05, 0) is 54.0 Å². The number of carbonyl (C=O) groups excluding carboxylic acids is 1. The van der Waals surface area contributed by atoms with E-state index < -0.39 is 0 Å². The van der Waals surface area contributed by atoms with Crippen molar-refractivity contribution in [1.82, 2.24) is 0 Å². The molecule has 1 aliphatic carbocycles. The lowest BCUT2D eigenvalue weighted by Gasteiger charge is -2.28. The lowest BCUT2D eigenvalue weighted by molar-refractivity contribution is -0.143. The zero-order chi connectivity index (χ0) is 16.9. The van der Waals surface area contributed by atoms with Crippen molar-refractivity contribution in [3.8, 4) is 0 Å².